The Bertz CT molecular complexity index is 1640. The third kappa shape index (κ3) is 5.65. The highest BCUT2D eigenvalue weighted by molar-refractivity contribution is 7.92. The van der Waals surface area contributed by atoms with Gasteiger partial charge in [-0.2, -0.15) is 0 Å². The summed E-state index contributed by atoms with van der Waals surface area (Å²) in [5, 5.41) is 0.399. The second-order valence-electron chi connectivity index (χ2n) is 8.46. The zero-order valence-electron chi connectivity index (χ0n) is 21.1. The fourth-order valence-corrected chi connectivity index (χ4v) is 5.13. The number of hydrogen-bond donors (Lipinski definition) is 1. The van der Waals surface area contributed by atoms with Crippen LogP contribution in [-0.2, 0) is 16.6 Å². The second kappa shape index (κ2) is 11.2. The summed E-state index contributed by atoms with van der Waals surface area (Å²) in [6.07, 6.45) is 3.00. The van der Waals surface area contributed by atoms with Gasteiger partial charge in [0.05, 0.1) is 24.3 Å². The first-order chi connectivity index (χ1) is 18.2. The van der Waals surface area contributed by atoms with Crippen molar-refractivity contribution in [3.63, 3.8) is 0 Å². The van der Waals surface area contributed by atoms with E-state index in [1.165, 1.54) is 25.7 Å². The molecule has 2 aromatic carbocycles. The molecule has 0 aliphatic heterocycles. The molecular weight excluding hydrogens is 516 g/mol. The number of halogens is 2. The lowest BCUT2D eigenvalue weighted by molar-refractivity contribution is 0.289. The lowest BCUT2D eigenvalue weighted by Crippen LogP contribution is -2.31. The highest BCUT2D eigenvalue weighted by atomic mass is 32.2. The maximum atomic E-state index is 14.2. The van der Waals surface area contributed by atoms with Crippen LogP contribution in [0.25, 0.3) is 22.0 Å². The van der Waals surface area contributed by atoms with Crippen LogP contribution < -0.4 is 15.0 Å². The van der Waals surface area contributed by atoms with Crippen LogP contribution in [0.15, 0.2) is 64.7 Å². The molecule has 9 nitrogen and oxygen atoms in total. The third-order valence-corrected chi connectivity index (χ3v) is 7.58. The maximum absolute atomic E-state index is 14.2. The Morgan fingerprint density at radius 1 is 1.03 bits per heavy atom. The predicted molar refractivity (Wildman–Crippen MR) is 141 cm³/mol. The highest BCUT2D eigenvalue weighted by Gasteiger charge is 2.22. The molecule has 200 valence electrons. The van der Waals surface area contributed by atoms with Gasteiger partial charge in [-0.1, -0.05) is 19.9 Å². The number of aromatic nitrogens is 3. The third-order valence-electron chi connectivity index (χ3n) is 6.18. The van der Waals surface area contributed by atoms with E-state index in [0.29, 0.717) is 41.2 Å². The van der Waals surface area contributed by atoms with Gasteiger partial charge in [0.25, 0.3) is 15.6 Å². The topological polar surface area (TPSA) is 106 Å². The molecule has 0 unspecified atom stereocenters. The molecule has 12 heteroatoms. The number of ether oxygens (including phenoxy) is 1. The molecule has 2 heterocycles. The molecular formula is C26H27F2N5O4S. The number of benzene rings is 2. The predicted octanol–water partition coefficient (Wildman–Crippen LogP) is 3.89. The highest BCUT2D eigenvalue weighted by Crippen LogP contribution is 2.31. The summed E-state index contributed by atoms with van der Waals surface area (Å²) in [7, 11) is -3.13. The molecule has 38 heavy (non-hydrogen) atoms. The number of hydrogen-bond acceptors (Lipinski definition) is 7. The molecule has 1 N–H and O–H groups in total. The summed E-state index contributed by atoms with van der Waals surface area (Å²) in [6.45, 7) is 7.07. The van der Waals surface area contributed by atoms with Gasteiger partial charge in [0.1, 0.15) is 22.2 Å². The van der Waals surface area contributed by atoms with Crippen molar-refractivity contribution in [3.8, 4) is 17.0 Å². The van der Waals surface area contributed by atoms with Crippen molar-refractivity contribution >= 4 is 26.6 Å². The number of pyridine rings is 1. The monoisotopic (exact) mass is 543 g/mol. The number of methoxy groups -OCH3 is 1. The van der Waals surface area contributed by atoms with Gasteiger partial charge in [0, 0.05) is 30.9 Å². The second-order valence-corrected chi connectivity index (χ2v) is 10.1. The Hall–Kier alpha value is -3.90. The van der Waals surface area contributed by atoms with Crippen LogP contribution in [-0.4, -0.2) is 54.6 Å². The lowest BCUT2D eigenvalue weighted by atomic mass is 10.1. The number of rotatable bonds is 10. The average molecular weight is 544 g/mol. The van der Waals surface area contributed by atoms with Gasteiger partial charge in [-0.3, -0.25) is 14.1 Å². The fourth-order valence-electron chi connectivity index (χ4n) is 4.03. The van der Waals surface area contributed by atoms with Crippen molar-refractivity contribution in [1.29, 1.82) is 0 Å². The van der Waals surface area contributed by atoms with Crippen molar-refractivity contribution in [3.05, 3.63) is 77.0 Å². The summed E-state index contributed by atoms with van der Waals surface area (Å²) < 4.78 is 62.2. The van der Waals surface area contributed by atoms with Crippen LogP contribution in [0.5, 0.6) is 5.88 Å². The van der Waals surface area contributed by atoms with Gasteiger partial charge >= 0.3 is 0 Å². The first kappa shape index (κ1) is 27.1. The van der Waals surface area contributed by atoms with Crippen LogP contribution in [0.4, 0.5) is 14.5 Å². The molecule has 0 aliphatic carbocycles. The van der Waals surface area contributed by atoms with E-state index >= 15 is 0 Å². The number of fused-ring (bicyclic) bond motifs is 1. The standard InChI is InChI=1S/C26H27F2N5O4S/c1-4-32(5-2)10-11-33-16-30-22-8-6-17(12-20(22)26(33)34)18-13-23(25(37-3)29-15-18)31-38(35,36)24-9-7-19(27)14-21(24)28/h6-9,12-16,31H,4-5,10-11H2,1-3H3. The Balaban J connectivity index is 1.70. The van der Waals surface area contributed by atoms with Crippen molar-refractivity contribution < 1.29 is 21.9 Å². The summed E-state index contributed by atoms with van der Waals surface area (Å²) in [4.78, 5) is 23.2. The molecule has 0 atom stereocenters. The smallest absolute Gasteiger partial charge is 0.264 e. The first-order valence-electron chi connectivity index (χ1n) is 11.9. The molecule has 0 fully saturated rings. The maximum Gasteiger partial charge on any atom is 0.264 e. The SMILES string of the molecule is CCN(CC)CCn1cnc2ccc(-c3cnc(OC)c(NS(=O)(=O)c4ccc(F)cc4F)c3)cc2c1=O. The van der Waals surface area contributed by atoms with E-state index in [1.54, 1.807) is 22.8 Å². The molecule has 0 aliphatic rings. The summed E-state index contributed by atoms with van der Waals surface area (Å²) in [5.41, 5.74) is 1.33. The quantitative estimate of drug-likeness (QED) is 0.324. The molecule has 0 saturated heterocycles. The van der Waals surface area contributed by atoms with Gasteiger partial charge < -0.3 is 9.64 Å². The summed E-state index contributed by atoms with van der Waals surface area (Å²) in [5.74, 6) is -2.19. The minimum Gasteiger partial charge on any atom is -0.480 e. The largest absolute Gasteiger partial charge is 0.480 e. The van der Waals surface area contributed by atoms with Gasteiger partial charge in [-0.15, -0.1) is 0 Å². The van der Waals surface area contributed by atoms with Crippen LogP contribution in [0.2, 0.25) is 0 Å². The summed E-state index contributed by atoms with van der Waals surface area (Å²) in [6, 6.07) is 8.72. The molecule has 0 radical (unpaired) electrons. The normalized spacial score (nSPS) is 11.7. The van der Waals surface area contributed by atoms with Crippen molar-refractivity contribution in [2.45, 2.75) is 25.3 Å². The number of anilines is 1. The Morgan fingerprint density at radius 3 is 2.47 bits per heavy atom. The molecule has 0 bridgehead atoms. The number of nitrogens with zero attached hydrogens (tertiary/aromatic N) is 4. The zero-order chi connectivity index (χ0) is 27.4. The molecule has 0 amide bonds. The molecule has 2 aromatic heterocycles. The van der Waals surface area contributed by atoms with Crippen molar-refractivity contribution in [2.75, 3.05) is 31.5 Å². The molecule has 0 saturated carbocycles. The number of nitrogens with one attached hydrogen (secondary N) is 1. The van der Waals surface area contributed by atoms with Crippen molar-refractivity contribution in [1.82, 2.24) is 19.4 Å². The number of likely N-dealkylation sites (N-methyl/N-ethyl adjacent to an activating group) is 1. The van der Waals surface area contributed by atoms with Gasteiger partial charge in [0.15, 0.2) is 0 Å². The van der Waals surface area contributed by atoms with E-state index < -0.39 is 26.6 Å². The average Bonchev–Trinajstić information content (AvgIpc) is 2.89. The molecule has 0 spiro atoms. The van der Waals surface area contributed by atoms with Crippen molar-refractivity contribution in [2.24, 2.45) is 0 Å². The Morgan fingerprint density at radius 2 is 1.79 bits per heavy atom. The van der Waals surface area contributed by atoms with E-state index in [1.807, 2.05) is 0 Å². The minimum absolute atomic E-state index is 0.0546. The Kier molecular flexibility index (Phi) is 8.02. The van der Waals surface area contributed by atoms with E-state index in [0.717, 1.165) is 25.2 Å². The number of sulfonamides is 1. The van der Waals surface area contributed by atoms with E-state index in [9.17, 15) is 22.0 Å². The summed E-state index contributed by atoms with van der Waals surface area (Å²) >= 11 is 0. The van der Waals surface area contributed by atoms with Gasteiger partial charge in [-0.25, -0.2) is 27.2 Å². The first-order valence-corrected chi connectivity index (χ1v) is 13.4. The van der Waals surface area contributed by atoms with Gasteiger partial charge in [0.2, 0.25) is 5.88 Å². The molecule has 4 rings (SSSR count). The minimum atomic E-state index is -4.44. The Labute approximate surface area is 218 Å². The zero-order valence-corrected chi connectivity index (χ0v) is 21.9. The van der Waals surface area contributed by atoms with Gasteiger partial charge in [-0.05, 0) is 49.0 Å². The van der Waals surface area contributed by atoms with Crippen LogP contribution in [0, 0.1) is 11.6 Å². The van der Waals surface area contributed by atoms with Crippen LogP contribution in [0.1, 0.15) is 13.8 Å². The van der Waals surface area contributed by atoms with E-state index in [-0.39, 0.29) is 17.1 Å². The van der Waals surface area contributed by atoms with Crippen LogP contribution in [0.3, 0.4) is 0 Å². The van der Waals surface area contributed by atoms with E-state index in [2.05, 4.69) is 33.4 Å². The van der Waals surface area contributed by atoms with E-state index in [4.69, 9.17) is 4.74 Å². The fraction of sp³-hybridized carbons (Fsp3) is 0.269. The molecule has 4 aromatic rings. The van der Waals surface area contributed by atoms with Crippen LogP contribution >= 0.6 is 0 Å². The lowest BCUT2D eigenvalue weighted by Gasteiger charge is -2.18.